The first-order valence-corrected chi connectivity index (χ1v) is 5.22. The fourth-order valence-corrected chi connectivity index (χ4v) is 1.54. The molecule has 0 saturated heterocycles. The van der Waals surface area contributed by atoms with Crippen LogP contribution in [0.1, 0.15) is 24.6 Å². The van der Waals surface area contributed by atoms with E-state index in [1.807, 2.05) is 13.0 Å². The molecule has 1 aromatic heterocycles. The van der Waals surface area contributed by atoms with Crippen LogP contribution in [0.15, 0.2) is 18.3 Å². The number of carbonyl (C=O) groups is 1. The van der Waals surface area contributed by atoms with Crippen LogP contribution < -0.4 is 0 Å². The van der Waals surface area contributed by atoms with Crippen LogP contribution in [0.3, 0.4) is 0 Å². The Morgan fingerprint density at radius 3 is 3.12 bits per heavy atom. The first-order valence-electron chi connectivity index (χ1n) is 5.22. The Labute approximate surface area is 93.9 Å². The molecule has 0 amide bonds. The van der Waals surface area contributed by atoms with E-state index >= 15 is 0 Å². The summed E-state index contributed by atoms with van der Waals surface area (Å²) >= 11 is 0. The number of hydrogen-bond donors (Lipinski definition) is 0. The van der Waals surface area contributed by atoms with Crippen molar-refractivity contribution in [1.29, 1.82) is 5.26 Å². The number of pyridine rings is 1. The molecule has 16 heavy (non-hydrogen) atoms. The molecular weight excluding hydrogens is 204 g/mol. The number of esters is 1. The fraction of sp³-hybridized carbons (Fsp3) is 0.417. The van der Waals surface area contributed by atoms with E-state index in [-0.39, 0.29) is 18.5 Å². The van der Waals surface area contributed by atoms with E-state index < -0.39 is 0 Å². The van der Waals surface area contributed by atoms with Crippen LogP contribution in [0.25, 0.3) is 0 Å². The predicted molar refractivity (Wildman–Crippen MR) is 56.0 cm³/mol. The lowest BCUT2D eigenvalue weighted by atomic mass is 10.2. The zero-order valence-electron chi connectivity index (χ0n) is 9.01. The molecule has 82 valence electrons. The molecular formula is C12H12N2O2. The monoisotopic (exact) mass is 216 g/mol. The standard InChI is InChI=1S/C12H12N2O2/c1-8-4-11(8)12(15)16-7-9-2-3-14-10(5-9)6-13/h2-3,5,8,11H,4,7H2,1H3/t8-,11-/m1/s1. The quantitative estimate of drug-likeness (QED) is 0.721. The van der Waals surface area contributed by atoms with Gasteiger partial charge in [0, 0.05) is 6.20 Å². The minimum atomic E-state index is -0.136. The second-order valence-corrected chi connectivity index (χ2v) is 4.09. The zero-order chi connectivity index (χ0) is 11.5. The number of nitriles is 1. The third kappa shape index (κ3) is 2.37. The summed E-state index contributed by atoms with van der Waals surface area (Å²) in [7, 11) is 0. The topological polar surface area (TPSA) is 63.0 Å². The second kappa shape index (κ2) is 4.31. The molecule has 1 fully saturated rings. The molecule has 1 aliphatic rings. The number of aromatic nitrogens is 1. The average molecular weight is 216 g/mol. The first kappa shape index (κ1) is 10.6. The Balaban J connectivity index is 1.90. The van der Waals surface area contributed by atoms with Crippen LogP contribution in [0.5, 0.6) is 0 Å². The highest BCUT2D eigenvalue weighted by Crippen LogP contribution is 2.38. The van der Waals surface area contributed by atoms with Crippen LogP contribution in [0, 0.1) is 23.2 Å². The highest BCUT2D eigenvalue weighted by molar-refractivity contribution is 5.75. The predicted octanol–water partition coefficient (Wildman–Crippen LogP) is 1.65. The molecule has 2 atom stereocenters. The Morgan fingerprint density at radius 2 is 2.50 bits per heavy atom. The van der Waals surface area contributed by atoms with Crippen molar-refractivity contribution in [3.05, 3.63) is 29.6 Å². The molecule has 1 saturated carbocycles. The summed E-state index contributed by atoms with van der Waals surface area (Å²) in [5, 5.41) is 8.65. The van der Waals surface area contributed by atoms with Gasteiger partial charge in [0.05, 0.1) is 5.92 Å². The van der Waals surface area contributed by atoms with Crippen molar-refractivity contribution in [2.45, 2.75) is 20.0 Å². The lowest BCUT2D eigenvalue weighted by molar-refractivity contribution is -0.146. The molecule has 1 aromatic rings. The van der Waals surface area contributed by atoms with E-state index in [2.05, 4.69) is 4.98 Å². The highest BCUT2D eigenvalue weighted by atomic mass is 16.5. The molecule has 1 heterocycles. The van der Waals surface area contributed by atoms with E-state index in [9.17, 15) is 4.79 Å². The van der Waals surface area contributed by atoms with E-state index in [4.69, 9.17) is 10.00 Å². The SMILES string of the molecule is C[C@@H]1C[C@H]1C(=O)OCc1ccnc(C#N)c1. The normalized spacial score (nSPS) is 22.2. The van der Waals surface area contributed by atoms with Crippen molar-refractivity contribution < 1.29 is 9.53 Å². The molecule has 0 aromatic carbocycles. The Kier molecular flexibility index (Phi) is 2.86. The summed E-state index contributed by atoms with van der Waals surface area (Å²) in [6.45, 7) is 2.26. The van der Waals surface area contributed by atoms with E-state index in [0.29, 0.717) is 11.6 Å². The van der Waals surface area contributed by atoms with Crippen LogP contribution in [0.4, 0.5) is 0 Å². The zero-order valence-corrected chi connectivity index (χ0v) is 9.01. The molecule has 4 nitrogen and oxygen atoms in total. The maximum absolute atomic E-state index is 11.4. The summed E-state index contributed by atoms with van der Waals surface area (Å²) in [6.07, 6.45) is 2.47. The summed E-state index contributed by atoms with van der Waals surface area (Å²) in [5.41, 5.74) is 1.14. The van der Waals surface area contributed by atoms with Crippen molar-refractivity contribution in [1.82, 2.24) is 4.98 Å². The molecule has 0 bridgehead atoms. The summed E-state index contributed by atoms with van der Waals surface area (Å²) in [6, 6.07) is 5.31. The van der Waals surface area contributed by atoms with Gasteiger partial charge in [0.1, 0.15) is 18.4 Å². The lowest BCUT2D eigenvalue weighted by Crippen LogP contribution is -2.07. The van der Waals surface area contributed by atoms with Gasteiger partial charge in [-0.2, -0.15) is 5.26 Å². The molecule has 0 radical (unpaired) electrons. The molecule has 2 rings (SSSR count). The molecule has 0 N–H and O–H groups in total. The number of carbonyl (C=O) groups excluding carboxylic acids is 1. The molecule has 0 unspecified atom stereocenters. The molecule has 4 heteroatoms. The van der Waals surface area contributed by atoms with Crippen LogP contribution in [-0.2, 0) is 16.1 Å². The highest BCUT2D eigenvalue weighted by Gasteiger charge is 2.40. The Bertz CT molecular complexity index is 451. The summed E-state index contributed by atoms with van der Waals surface area (Å²) < 4.78 is 5.15. The van der Waals surface area contributed by atoms with Gasteiger partial charge in [-0.05, 0) is 30.0 Å². The van der Waals surface area contributed by atoms with Gasteiger partial charge in [-0.1, -0.05) is 6.92 Å². The largest absolute Gasteiger partial charge is 0.461 e. The maximum Gasteiger partial charge on any atom is 0.309 e. The van der Waals surface area contributed by atoms with E-state index in [1.54, 1.807) is 18.3 Å². The van der Waals surface area contributed by atoms with Gasteiger partial charge >= 0.3 is 5.97 Å². The minimum absolute atomic E-state index is 0.0808. The van der Waals surface area contributed by atoms with E-state index in [1.165, 1.54) is 0 Å². The number of hydrogen-bond acceptors (Lipinski definition) is 4. The molecule has 1 aliphatic carbocycles. The molecule has 0 aliphatic heterocycles. The van der Waals surface area contributed by atoms with Crippen LogP contribution >= 0.6 is 0 Å². The third-order valence-corrected chi connectivity index (χ3v) is 2.73. The smallest absolute Gasteiger partial charge is 0.309 e. The minimum Gasteiger partial charge on any atom is -0.461 e. The van der Waals surface area contributed by atoms with Gasteiger partial charge < -0.3 is 4.74 Å². The van der Waals surface area contributed by atoms with Crippen molar-refractivity contribution in [2.24, 2.45) is 11.8 Å². The van der Waals surface area contributed by atoms with Gasteiger partial charge in [0.15, 0.2) is 0 Å². The molecule has 0 spiro atoms. The third-order valence-electron chi connectivity index (χ3n) is 2.73. The van der Waals surface area contributed by atoms with Gasteiger partial charge in [-0.15, -0.1) is 0 Å². The van der Waals surface area contributed by atoms with Gasteiger partial charge in [0.2, 0.25) is 0 Å². The summed E-state index contributed by atoms with van der Waals surface area (Å²) in [5.74, 6) is 0.403. The summed E-state index contributed by atoms with van der Waals surface area (Å²) in [4.78, 5) is 15.3. The van der Waals surface area contributed by atoms with Crippen LogP contribution in [-0.4, -0.2) is 11.0 Å². The van der Waals surface area contributed by atoms with Crippen molar-refractivity contribution in [2.75, 3.05) is 0 Å². The fourth-order valence-electron chi connectivity index (χ4n) is 1.54. The second-order valence-electron chi connectivity index (χ2n) is 4.09. The van der Waals surface area contributed by atoms with E-state index in [0.717, 1.165) is 12.0 Å². The van der Waals surface area contributed by atoms with Gasteiger partial charge in [-0.3, -0.25) is 4.79 Å². The number of nitrogens with zero attached hydrogens (tertiary/aromatic N) is 2. The maximum atomic E-state index is 11.4. The van der Waals surface area contributed by atoms with Crippen molar-refractivity contribution >= 4 is 5.97 Å². The van der Waals surface area contributed by atoms with Gasteiger partial charge in [-0.25, -0.2) is 4.98 Å². The van der Waals surface area contributed by atoms with Crippen LogP contribution in [0.2, 0.25) is 0 Å². The Hall–Kier alpha value is -1.89. The van der Waals surface area contributed by atoms with Crippen molar-refractivity contribution in [3.63, 3.8) is 0 Å². The average Bonchev–Trinajstić information content (AvgIpc) is 3.04. The van der Waals surface area contributed by atoms with Gasteiger partial charge in [0.25, 0.3) is 0 Å². The first-order chi connectivity index (χ1) is 7.70. The van der Waals surface area contributed by atoms with Crippen molar-refractivity contribution in [3.8, 4) is 6.07 Å². The lowest BCUT2D eigenvalue weighted by Gasteiger charge is -2.03. The number of rotatable bonds is 3. The Morgan fingerprint density at radius 1 is 1.75 bits per heavy atom. The number of ether oxygens (including phenoxy) is 1.